The van der Waals surface area contributed by atoms with Crippen LogP contribution in [0.5, 0.6) is 11.5 Å². The zero-order valence-corrected chi connectivity index (χ0v) is 16.7. The molecule has 0 radical (unpaired) electrons. The SMILES string of the molecule is CCOc1ccc([C@H](NC(=O)C2=NN(C)C(=O)CC2)C(C)C)cc1OCC. The average Bonchev–Trinajstić information content (AvgIpc) is 2.63. The minimum Gasteiger partial charge on any atom is -0.490 e. The first-order valence-electron chi connectivity index (χ1n) is 9.41. The number of carbonyl (C=O) groups is 2. The van der Waals surface area contributed by atoms with E-state index < -0.39 is 0 Å². The summed E-state index contributed by atoms with van der Waals surface area (Å²) in [6.07, 6.45) is 0.653. The highest BCUT2D eigenvalue weighted by molar-refractivity contribution is 6.39. The molecule has 1 aliphatic heterocycles. The molecule has 0 fully saturated rings. The number of nitrogens with zero attached hydrogens (tertiary/aromatic N) is 2. The third-order valence-corrected chi connectivity index (χ3v) is 4.35. The van der Waals surface area contributed by atoms with Gasteiger partial charge in [-0.25, -0.2) is 5.01 Å². The molecule has 1 N–H and O–H groups in total. The van der Waals surface area contributed by atoms with Crippen molar-refractivity contribution >= 4 is 17.5 Å². The van der Waals surface area contributed by atoms with Gasteiger partial charge >= 0.3 is 0 Å². The van der Waals surface area contributed by atoms with Gasteiger partial charge in [0.1, 0.15) is 5.71 Å². The molecule has 1 heterocycles. The van der Waals surface area contributed by atoms with E-state index in [-0.39, 0.29) is 23.8 Å². The van der Waals surface area contributed by atoms with E-state index >= 15 is 0 Å². The normalized spacial score (nSPS) is 15.4. The van der Waals surface area contributed by atoms with Crippen LogP contribution in [0.15, 0.2) is 23.3 Å². The molecule has 7 nitrogen and oxygen atoms in total. The molecule has 0 saturated carbocycles. The fraction of sp³-hybridized carbons (Fsp3) is 0.550. The van der Waals surface area contributed by atoms with Crippen LogP contribution >= 0.6 is 0 Å². The van der Waals surface area contributed by atoms with Gasteiger partial charge in [-0.2, -0.15) is 5.10 Å². The molecule has 0 aliphatic carbocycles. The first-order chi connectivity index (χ1) is 12.9. The largest absolute Gasteiger partial charge is 0.490 e. The summed E-state index contributed by atoms with van der Waals surface area (Å²) in [4.78, 5) is 24.2. The van der Waals surface area contributed by atoms with Gasteiger partial charge in [0.05, 0.1) is 19.3 Å². The number of nitrogens with one attached hydrogen (secondary N) is 1. The van der Waals surface area contributed by atoms with Crippen LogP contribution in [0.3, 0.4) is 0 Å². The minimum absolute atomic E-state index is 0.0835. The molecular formula is C20H29N3O4. The number of rotatable bonds is 8. The lowest BCUT2D eigenvalue weighted by atomic mass is 9.95. The molecule has 1 atom stereocenters. The number of carbonyl (C=O) groups excluding carboxylic acids is 2. The first kappa shape index (κ1) is 20.7. The maximum atomic E-state index is 12.7. The summed E-state index contributed by atoms with van der Waals surface area (Å²) in [5, 5.41) is 8.38. The van der Waals surface area contributed by atoms with Crippen molar-refractivity contribution in [1.29, 1.82) is 0 Å². The van der Waals surface area contributed by atoms with Crippen molar-refractivity contribution in [3.63, 3.8) is 0 Å². The Labute approximate surface area is 160 Å². The van der Waals surface area contributed by atoms with Crippen LogP contribution < -0.4 is 14.8 Å². The van der Waals surface area contributed by atoms with E-state index in [4.69, 9.17) is 9.47 Å². The van der Waals surface area contributed by atoms with E-state index in [1.807, 2.05) is 45.9 Å². The summed E-state index contributed by atoms with van der Waals surface area (Å²) >= 11 is 0. The van der Waals surface area contributed by atoms with Crippen molar-refractivity contribution < 1.29 is 19.1 Å². The molecule has 0 spiro atoms. The van der Waals surface area contributed by atoms with E-state index in [2.05, 4.69) is 10.4 Å². The fourth-order valence-electron chi connectivity index (χ4n) is 2.95. The number of amides is 2. The van der Waals surface area contributed by atoms with Gasteiger partial charge in [0.2, 0.25) is 5.91 Å². The summed E-state index contributed by atoms with van der Waals surface area (Å²) in [6.45, 7) is 9.01. The summed E-state index contributed by atoms with van der Waals surface area (Å²) in [5.74, 6) is 1.18. The van der Waals surface area contributed by atoms with Crippen LogP contribution in [-0.4, -0.2) is 42.8 Å². The van der Waals surface area contributed by atoms with Crippen LogP contribution in [0.25, 0.3) is 0 Å². The molecule has 0 aromatic heterocycles. The lowest BCUT2D eigenvalue weighted by Crippen LogP contribution is -2.40. The summed E-state index contributed by atoms with van der Waals surface area (Å²) in [5.41, 5.74) is 1.31. The molecule has 2 amide bonds. The Balaban J connectivity index is 2.24. The molecule has 2 rings (SSSR count). The highest BCUT2D eigenvalue weighted by atomic mass is 16.5. The highest BCUT2D eigenvalue weighted by Gasteiger charge is 2.26. The third kappa shape index (κ3) is 5.21. The van der Waals surface area contributed by atoms with Crippen LogP contribution in [0.4, 0.5) is 0 Å². The maximum absolute atomic E-state index is 12.7. The van der Waals surface area contributed by atoms with Crippen molar-refractivity contribution in [2.75, 3.05) is 20.3 Å². The second kappa shape index (κ2) is 9.39. The predicted octanol–water partition coefficient (Wildman–Crippen LogP) is 2.91. The number of ether oxygens (including phenoxy) is 2. The van der Waals surface area contributed by atoms with Crippen molar-refractivity contribution in [3.05, 3.63) is 23.8 Å². The Kier molecular flexibility index (Phi) is 7.21. The van der Waals surface area contributed by atoms with E-state index in [0.717, 1.165) is 5.56 Å². The van der Waals surface area contributed by atoms with Gasteiger partial charge in [-0.1, -0.05) is 19.9 Å². The third-order valence-electron chi connectivity index (χ3n) is 4.35. The maximum Gasteiger partial charge on any atom is 0.267 e. The summed E-state index contributed by atoms with van der Waals surface area (Å²) < 4.78 is 11.3. The minimum atomic E-state index is -0.250. The summed E-state index contributed by atoms with van der Waals surface area (Å²) in [6, 6.07) is 5.52. The quantitative estimate of drug-likeness (QED) is 0.758. The van der Waals surface area contributed by atoms with Gasteiger partial charge in [-0.15, -0.1) is 0 Å². The number of hydrogen-bond donors (Lipinski definition) is 1. The fourth-order valence-corrected chi connectivity index (χ4v) is 2.95. The Bertz CT molecular complexity index is 715. The van der Waals surface area contributed by atoms with Crippen LogP contribution in [0.1, 0.15) is 52.1 Å². The van der Waals surface area contributed by atoms with Crippen LogP contribution in [-0.2, 0) is 9.59 Å². The zero-order chi connectivity index (χ0) is 20.0. The van der Waals surface area contributed by atoms with Crippen molar-refractivity contribution in [3.8, 4) is 11.5 Å². The van der Waals surface area contributed by atoms with E-state index in [9.17, 15) is 9.59 Å². The standard InChI is InChI=1S/C20H29N3O4/c1-6-26-16-10-8-14(12-17(16)27-7-2)19(13(3)4)21-20(25)15-9-11-18(24)23(5)22-15/h8,10,12-13,19H,6-7,9,11H2,1-5H3,(H,21,25)/t19-/m1/s1. The Hall–Kier alpha value is -2.57. The molecule has 1 aromatic rings. The monoisotopic (exact) mass is 375 g/mol. The topological polar surface area (TPSA) is 80.2 Å². The van der Waals surface area contributed by atoms with E-state index in [1.165, 1.54) is 5.01 Å². The number of hydrogen-bond acceptors (Lipinski definition) is 5. The van der Waals surface area contributed by atoms with Gasteiger partial charge in [-0.3, -0.25) is 9.59 Å². The van der Waals surface area contributed by atoms with Gasteiger partial charge in [-0.05, 0) is 37.5 Å². The Morgan fingerprint density at radius 1 is 1.19 bits per heavy atom. The predicted molar refractivity (Wildman–Crippen MR) is 104 cm³/mol. The average molecular weight is 375 g/mol. The molecular weight excluding hydrogens is 346 g/mol. The lowest BCUT2D eigenvalue weighted by molar-refractivity contribution is -0.130. The first-order valence-corrected chi connectivity index (χ1v) is 9.41. The van der Waals surface area contributed by atoms with Gasteiger partial charge in [0.25, 0.3) is 5.91 Å². The Morgan fingerprint density at radius 2 is 1.85 bits per heavy atom. The van der Waals surface area contributed by atoms with Crippen LogP contribution in [0, 0.1) is 5.92 Å². The molecule has 148 valence electrons. The molecule has 7 heteroatoms. The van der Waals surface area contributed by atoms with E-state index in [1.54, 1.807) is 7.05 Å². The number of benzene rings is 1. The van der Waals surface area contributed by atoms with Crippen molar-refractivity contribution in [2.45, 2.75) is 46.6 Å². The molecule has 0 unspecified atom stereocenters. The molecule has 0 bridgehead atoms. The second-order valence-electron chi connectivity index (χ2n) is 6.73. The summed E-state index contributed by atoms with van der Waals surface area (Å²) in [7, 11) is 1.57. The van der Waals surface area contributed by atoms with Gasteiger partial charge in [0.15, 0.2) is 11.5 Å². The lowest BCUT2D eigenvalue weighted by Gasteiger charge is -2.26. The molecule has 27 heavy (non-hydrogen) atoms. The van der Waals surface area contributed by atoms with Crippen molar-refractivity contribution in [1.82, 2.24) is 10.3 Å². The Morgan fingerprint density at radius 3 is 2.44 bits per heavy atom. The number of hydrazone groups is 1. The highest BCUT2D eigenvalue weighted by Crippen LogP contribution is 2.33. The van der Waals surface area contributed by atoms with Gasteiger partial charge in [0, 0.05) is 19.9 Å². The van der Waals surface area contributed by atoms with Crippen molar-refractivity contribution in [2.24, 2.45) is 11.0 Å². The molecule has 1 aromatic carbocycles. The van der Waals surface area contributed by atoms with Gasteiger partial charge < -0.3 is 14.8 Å². The zero-order valence-electron chi connectivity index (χ0n) is 16.7. The smallest absolute Gasteiger partial charge is 0.267 e. The second-order valence-corrected chi connectivity index (χ2v) is 6.73. The van der Waals surface area contributed by atoms with Crippen LogP contribution in [0.2, 0.25) is 0 Å². The molecule has 1 aliphatic rings. The van der Waals surface area contributed by atoms with E-state index in [0.29, 0.717) is 43.3 Å². The molecule has 0 saturated heterocycles.